The van der Waals surface area contributed by atoms with E-state index in [-0.39, 0.29) is 24.0 Å². The average Bonchev–Trinajstić information content (AvgIpc) is 3.03. The molecule has 1 aromatic rings. The number of furan rings is 1. The lowest BCUT2D eigenvalue weighted by molar-refractivity contribution is 0.406. The highest BCUT2D eigenvalue weighted by molar-refractivity contribution is 14.0. The quantitative estimate of drug-likeness (QED) is 0.311. The van der Waals surface area contributed by atoms with Crippen molar-refractivity contribution in [1.82, 2.24) is 10.2 Å². The van der Waals surface area contributed by atoms with Gasteiger partial charge in [0, 0.05) is 37.1 Å². The van der Waals surface area contributed by atoms with E-state index in [2.05, 4.69) is 35.5 Å². The van der Waals surface area contributed by atoms with E-state index in [9.17, 15) is 0 Å². The molecule has 1 aliphatic rings. The standard InChI is InChI=1S/C17H27N3OS.HI/c1-4-16-13-20(9-11-22-16)17(19-12-14(2)3)18-8-7-15-6-5-10-21-15;/h5-6,10,16H,2,4,7-9,11-13H2,1,3H3,(H,18,19);1H. The highest BCUT2D eigenvalue weighted by atomic mass is 127. The van der Waals surface area contributed by atoms with Crippen molar-refractivity contribution >= 4 is 41.7 Å². The first-order valence-corrected chi connectivity index (χ1v) is 9.05. The normalized spacial score (nSPS) is 18.4. The van der Waals surface area contributed by atoms with Crippen molar-refractivity contribution < 1.29 is 4.42 Å². The van der Waals surface area contributed by atoms with Crippen molar-refractivity contribution in [3.05, 3.63) is 36.3 Å². The van der Waals surface area contributed by atoms with Crippen LogP contribution < -0.4 is 5.32 Å². The Labute approximate surface area is 161 Å². The van der Waals surface area contributed by atoms with Gasteiger partial charge in [0.15, 0.2) is 5.96 Å². The number of aliphatic imine (C=N–C) groups is 1. The fourth-order valence-corrected chi connectivity index (χ4v) is 3.57. The molecule has 0 aromatic carbocycles. The van der Waals surface area contributed by atoms with Crippen LogP contribution in [0.25, 0.3) is 0 Å². The zero-order valence-corrected chi connectivity index (χ0v) is 17.2. The van der Waals surface area contributed by atoms with Crippen molar-refractivity contribution in [2.75, 3.05) is 31.9 Å². The van der Waals surface area contributed by atoms with Gasteiger partial charge in [-0.1, -0.05) is 19.1 Å². The van der Waals surface area contributed by atoms with Gasteiger partial charge in [0.05, 0.1) is 12.8 Å². The van der Waals surface area contributed by atoms with Crippen molar-refractivity contribution in [1.29, 1.82) is 0 Å². The molecule has 6 heteroatoms. The van der Waals surface area contributed by atoms with Gasteiger partial charge >= 0.3 is 0 Å². The Bertz CT molecular complexity index is 490. The van der Waals surface area contributed by atoms with Crippen LogP contribution in [0.15, 0.2) is 40.0 Å². The lowest BCUT2D eigenvalue weighted by atomic mass is 10.3. The minimum absolute atomic E-state index is 0. The SMILES string of the molecule is C=C(C)CN=C(NCCc1ccco1)N1CCSC(CC)C1.I. The van der Waals surface area contributed by atoms with Gasteiger partial charge in [-0.3, -0.25) is 0 Å². The van der Waals surface area contributed by atoms with Crippen LogP contribution in [0.4, 0.5) is 0 Å². The molecular weight excluding hydrogens is 421 g/mol. The Balaban J connectivity index is 0.00000264. The summed E-state index contributed by atoms with van der Waals surface area (Å²) >= 11 is 2.07. The maximum absolute atomic E-state index is 5.38. The third-order valence-corrected chi connectivity index (χ3v) is 5.00. The molecule has 130 valence electrons. The van der Waals surface area contributed by atoms with E-state index < -0.39 is 0 Å². The molecule has 0 aliphatic carbocycles. The molecule has 1 aromatic heterocycles. The lowest BCUT2D eigenvalue weighted by Gasteiger charge is -2.34. The summed E-state index contributed by atoms with van der Waals surface area (Å²) in [5.41, 5.74) is 1.09. The van der Waals surface area contributed by atoms with Crippen molar-refractivity contribution in [3.8, 4) is 0 Å². The van der Waals surface area contributed by atoms with E-state index in [0.717, 1.165) is 43.3 Å². The third-order valence-electron chi connectivity index (χ3n) is 3.63. The molecule has 1 N–H and O–H groups in total. The number of nitrogens with one attached hydrogen (secondary N) is 1. The molecule has 2 rings (SSSR count). The number of hydrogen-bond acceptors (Lipinski definition) is 3. The first-order chi connectivity index (χ1) is 10.7. The minimum Gasteiger partial charge on any atom is -0.469 e. The van der Waals surface area contributed by atoms with Crippen LogP contribution in [-0.4, -0.2) is 48.0 Å². The van der Waals surface area contributed by atoms with Gasteiger partial charge in [-0.15, -0.1) is 24.0 Å². The second kappa shape index (κ2) is 11.0. The Morgan fingerprint density at radius 3 is 3.04 bits per heavy atom. The Morgan fingerprint density at radius 1 is 1.57 bits per heavy atom. The zero-order chi connectivity index (χ0) is 15.8. The van der Waals surface area contributed by atoms with Crippen molar-refractivity contribution in [2.24, 2.45) is 4.99 Å². The molecule has 1 aliphatic heterocycles. The molecule has 1 unspecified atom stereocenters. The summed E-state index contributed by atoms with van der Waals surface area (Å²) in [4.78, 5) is 7.11. The molecule has 1 saturated heterocycles. The molecule has 0 spiro atoms. The van der Waals surface area contributed by atoms with E-state index in [1.165, 1.54) is 12.2 Å². The third kappa shape index (κ3) is 7.20. The number of halogens is 1. The first-order valence-electron chi connectivity index (χ1n) is 8.00. The molecule has 0 radical (unpaired) electrons. The average molecular weight is 449 g/mol. The van der Waals surface area contributed by atoms with Gasteiger partial charge in [0.1, 0.15) is 5.76 Å². The number of guanidine groups is 1. The molecule has 1 atom stereocenters. The van der Waals surface area contributed by atoms with E-state index in [1.54, 1.807) is 6.26 Å². The largest absolute Gasteiger partial charge is 0.469 e. The molecule has 0 saturated carbocycles. The second-order valence-corrected chi connectivity index (χ2v) is 7.11. The summed E-state index contributed by atoms with van der Waals surface area (Å²) < 4.78 is 5.38. The van der Waals surface area contributed by atoms with Gasteiger partial charge < -0.3 is 14.6 Å². The minimum atomic E-state index is 0. The Morgan fingerprint density at radius 2 is 2.39 bits per heavy atom. The van der Waals surface area contributed by atoms with Crippen LogP contribution in [0.1, 0.15) is 26.0 Å². The lowest BCUT2D eigenvalue weighted by Crippen LogP contribution is -2.48. The van der Waals surface area contributed by atoms with Crippen LogP contribution in [0.2, 0.25) is 0 Å². The van der Waals surface area contributed by atoms with E-state index in [1.807, 2.05) is 19.1 Å². The van der Waals surface area contributed by atoms with Crippen LogP contribution >= 0.6 is 35.7 Å². The fraction of sp³-hybridized carbons (Fsp3) is 0.588. The van der Waals surface area contributed by atoms with Crippen molar-refractivity contribution in [3.63, 3.8) is 0 Å². The van der Waals surface area contributed by atoms with Gasteiger partial charge in [-0.25, -0.2) is 4.99 Å². The smallest absolute Gasteiger partial charge is 0.194 e. The van der Waals surface area contributed by atoms with E-state index >= 15 is 0 Å². The summed E-state index contributed by atoms with van der Waals surface area (Å²) in [7, 11) is 0. The predicted molar refractivity (Wildman–Crippen MR) is 111 cm³/mol. The predicted octanol–water partition coefficient (Wildman–Crippen LogP) is 3.79. The summed E-state index contributed by atoms with van der Waals surface area (Å²) in [6, 6.07) is 3.94. The highest BCUT2D eigenvalue weighted by Gasteiger charge is 2.21. The molecule has 4 nitrogen and oxygen atoms in total. The number of nitrogens with zero attached hydrogens (tertiary/aromatic N) is 2. The fourth-order valence-electron chi connectivity index (χ4n) is 2.39. The number of hydrogen-bond donors (Lipinski definition) is 1. The topological polar surface area (TPSA) is 40.8 Å². The molecule has 23 heavy (non-hydrogen) atoms. The van der Waals surface area contributed by atoms with Gasteiger partial charge in [0.25, 0.3) is 0 Å². The summed E-state index contributed by atoms with van der Waals surface area (Å²) in [5.74, 6) is 3.19. The van der Waals surface area contributed by atoms with Gasteiger partial charge in [-0.2, -0.15) is 11.8 Å². The number of thioether (sulfide) groups is 1. The Hall–Kier alpha value is -0.630. The van der Waals surface area contributed by atoms with Gasteiger partial charge in [0.2, 0.25) is 0 Å². The Kier molecular flexibility index (Phi) is 9.78. The molecular formula is C17H28IN3OS. The summed E-state index contributed by atoms with van der Waals surface area (Å²) in [6.07, 6.45) is 3.80. The maximum atomic E-state index is 5.38. The van der Waals surface area contributed by atoms with Crippen LogP contribution in [0, 0.1) is 0 Å². The van der Waals surface area contributed by atoms with E-state index in [4.69, 9.17) is 9.41 Å². The second-order valence-electron chi connectivity index (χ2n) is 5.70. The van der Waals surface area contributed by atoms with Crippen LogP contribution in [-0.2, 0) is 6.42 Å². The summed E-state index contributed by atoms with van der Waals surface area (Å²) in [5, 5.41) is 4.20. The molecule has 1 fully saturated rings. The van der Waals surface area contributed by atoms with Gasteiger partial charge in [-0.05, 0) is 25.5 Å². The highest BCUT2D eigenvalue weighted by Crippen LogP contribution is 2.21. The number of rotatable bonds is 6. The molecule has 0 amide bonds. The molecule has 2 heterocycles. The zero-order valence-electron chi connectivity index (χ0n) is 14.1. The van der Waals surface area contributed by atoms with E-state index in [0.29, 0.717) is 11.8 Å². The maximum Gasteiger partial charge on any atom is 0.194 e. The monoisotopic (exact) mass is 449 g/mol. The van der Waals surface area contributed by atoms with Crippen LogP contribution in [0.3, 0.4) is 0 Å². The van der Waals surface area contributed by atoms with Crippen molar-refractivity contribution in [2.45, 2.75) is 31.9 Å². The van der Waals surface area contributed by atoms with Crippen LogP contribution in [0.5, 0.6) is 0 Å². The first kappa shape index (κ1) is 20.4. The molecule has 0 bridgehead atoms. The summed E-state index contributed by atoms with van der Waals surface area (Å²) in [6.45, 7) is 11.9.